The van der Waals surface area contributed by atoms with Gasteiger partial charge in [-0.15, -0.1) is 0 Å². The van der Waals surface area contributed by atoms with Crippen molar-refractivity contribution in [1.82, 2.24) is 4.57 Å². The third-order valence-electron chi connectivity index (χ3n) is 12.4. The quantitative estimate of drug-likeness (QED) is 0.172. The molecule has 0 bridgehead atoms. The molecule has 1 aliphatic heterocycles. The Morgan fingerprint density at radius 3 is 1.67 bits per heavy atom. The standard InChI is InChI=1S/C55H36N2/c1-3-18-37(19-4-1)40-22-7-8-23-41(40)44-26-11-15-32-51(44)56(38-20-5-2-6-21-38)39-34-35-53-50(36-39)55(47-29-13-9-24-42(47)43-25-10-14-30-48(43)55)49-31-17-28-46-45-27-12-16-33-52(45)57(53)54(46)49/h1-36H. The number of hydrogen-bond acceptors (Lipinski definition) is 1. The van der Waals surface area contributed by atoms with Gasteiger partial charge in [-0.3, -0.25) is 0 Å². The number of para-hydroxylation sites is 4. The highest BCUT2D eigenvalue weighted by Gasteiger charge is 2.51. The predicted octanol–water partition coefficient (Wildman–Crippen LogP) is 14.3. The third-order valence-corrected chi connectivity index (χ3v) is 12.4. The van der Waals surface area contributed by atoms with Gasteiger partial charge in [0.05, 0.1) is 27.8 Å². The maximum Gasteiger partial charge on any atom is 0.0755 e. The number of anilines is 3. The van der Waals surface area contributed by atoms with Crippen LogP contribution in [0.5, 0.6) is 0 Å². The summed E-state index contributed by atoms with van der Waals surface area (Å²) in [7, 11) is 0. The van der Waals surface area contributed by atoms with Gasteiger partial charge in [0.2, 0.25) is 0 Å². The number of hydrogen-bond donors (Lipinski definition) is 0. The Hall–Kier alpha value is -7.42. The van der Waals surface area contributed by atoms with Gasteiger partial charge in [-0.1, -0.05) is 176 Å². The van der Waals surface area contributed by atoms with E-state index >= 15 is 0 Å². The van der Waals surface area contributed by atoms with Crippen molar-refractivity contribution in [1.29, 1.82) is 0 Å². The molecule has 1 aliphatic carbocycles. The first kappa shape index (κ1) is 31.9. The molecule has 2 heteroatoms. The van der Waals surface area contributed by atoms with Crippen molar-refractivity contribution in [2.24, 2.45) is 0 Å². The maximum atomic E-state index is 2.53. The number of benzene rings is 9. The van der Waals surface area contributed by atoms with Crippen molar-refractivity contribution in [3.05, 3.63) is 241 Å². The molecule has 0 unspecified atom stereocenters. The van der Waals surface area contributed by atoms with Crippen LogP contribution in [0.25, 0.3) is 60.9 Å². The summed E-state index contributed by atoms with van der Waals surface area (Å²) in [5.74, 6) is 0. The summed E-state index contributed by atoms with van der Waals surface area (Å²) in [5, 5.41) is 2.56. The van der Waals surface area contributed by atoms with Gasteiger partial charge in [0, 0.05) is 27.7 Å². The van der Waals surface area contributed by atoms with E-state index in [9.17, 15) is 0 Å². The van der Waals surface area contributed by atoms with Crippen molar-refractivity contribution in [2.75, 3.05) is 4.90 Å². The average Bonchev–Trinajstić information content (AvgIpc) is 3.78. The lowest BCUT2D eigenvalue weighted by molar-refractivity contribution is 0.748. The van der Waals surface area contributed by atoms with Gasteiger partial charge >= 0.3 is 0 Å². The van der Waals surface area contributed by atoms with Crippen molar-refractivity contribution < 1.29 is 0 Å². The van der Waals surface area contributed by atoms with Gasteiger partial charge in [-0.2, -0.15) is 0 Å². The van der Waals surface area contributed by atoms with Crippen LogP contribution in [0.3, 0.4) is 0 Å². The van der Waals surface area contributed by atoms with Gasteiger partial charge in [-0.25, -0.2) is 0 Å². The molecule has 1 aromatic heterocycles. The first-order valence-corrected chi connectivity index (χ1v) is 19.8. The molecule has 0 amide bonds. The lowest BCUT2D eigenvalue weighted by Crippen LogP contribution is -2.33. The first-order valence-electron chi connectivity index (χ1n) is 19.8. The maximum absolute atomic E-state index is 2.53. The molecule has 0 saturated heterocycles. The molecule has 0 fully saturated rings. The molecule has 0 atom stereocenters. The molecule has 12 rings (SSSR count). The van der Waals surface area contributed by atoms with Crippen LogP contribution in [0.15, 0.2) is 218 Å². The summed E-state index contributed by atoms with van der Waals surface area (Å²) in [5.41, 5.74) is 19.2. The number of rotatable bonds is 5. The Kier molecular flexibility index (Phi) is 6.88. The van der Waals surface area contributed by atoms with Crippen LogP contribution in [0, 0.1) is 0 Å². The van der Waals surface area contributed by atoms with E-state index in [1.807, 2.05) is 0 Å². The van der Waals surface area contributed by atoms with Crippen LogP contribution in [0.4, 0.5) is 17.1 Å². The van der Waals surface area contributed by atoms with E-state index in [4.69, 9.17) is 0 Å². The second kappa shape index (κ2) is 12.3. The predicted molar refractivity (Wildman–Crippen MR) is 237 cm³/mol. The van der Waals surface area contributed by atoms with Crippen LogP contribution < -0.4 is 4.90 Å². The van der Waals surface area contributed by atoms with Crippen LogP contribution in [-0.2, 0) is 5.41 Å². The Bertz CT molecular complexity index is 3150. The van der Waals surface area contributed by atoms with Gasteiger partial charge in [0.1, 0.15) is 0 Å². The molecule has 9 aromatic carbocycles. The smallest absolute Gasteiger partial charge is 0.0755 e. The van der Waals surface area contributed by atoms with Crippen LogP contribution >= 0.6 is 0 Å². The molecule has 266 valence electrons. The van der Waals surface area contributed by atoms with Crippen molar-refractivity contribution >= 4 is 38.9 Å². The fraction of sp³-hybridized carbons (Fsp3) is 0.0182. The van der Waals surface area contributed by atoms with E-state index in [0.29, 0.717) is 0 Å². The van der Waals surface area contributed by atoms with E-state index in [-0.39, 0.29) is 0 Å². The lowest BCUT2D eigenvalue weighted by atomic mass is 9.65. The average molecular weight is 725 g/mol. The summed E-state index contributed by atoms with van der Waals surface area (Å²) in [6.45, 7) is 0. The van der Waals surface area contributed by atoms with E-state index in [0.717, 1.165) is 17.1 Å². The number of fused-ring (bicyclic) bond motifs is 12. The highest BCUT2D eigenvalue weighted by Crippen LogP contribution is 2.61. The Balaban J connectivity index is 1.19. The Morgan fingerprint density at radius 2 is 0.912 bits per heavy atom. The van der Waals surface area contributed by atoms with Gasteiger partial charge < -0.3 is 9.47 Å². The van der Waals surface area contributed by atoms with Gasteiger partial charge in [0.15, 0.2) is 0 Å². The molecule has 57 heavy (non-hydrogen) atoms. The molecule has 10 aromatic rings. The van der Waals surface area contributed by atoms with Crippen LogP contribution in [0.2, 0.25) is 0 Å². The van der Waals surface area contributed by atoms with Crippen LogP contribution in [0.1, 0.15) is 22.3 Å². The molecule has 2 nitrogen and oxygen atoms in total. The highest BCUT2D eigenvalue weighted by molar-refractivity contribution is 6.13. The summed E-state index contributed by atoms with van der Waals surface area (Å²) in [4.78, 5) is 2.46. The minimum Gasteiger partial charge on any atom is -0.310 e. The topological polar surface area (TPSA) is 8.17 Å². The molecule has 0 saturated carbocycles. The molecule has 0 N–H and O–H groups in total. The summed E-state index contributed by atoms with van der Waals surface area (Å²) >= 11 is 0. The van der Waals surface area contributed by atoms with Gasteiger partial charge in [0.25, 0.3) is 0 Å². The number of nitrogens with zero attached hydrogens (tertiary/aromatic N) is 2. The Morgan fingerprint density at radius 1 is 0.351 bits per heavy atom. The SMILES string of the molecule is c1ccc(-c2ccccc2-c2ccccc2N(c2ccccc2)c2ccc3c(c2)C2(c4ccccc4-c4ccccc42)c2cccc4c5ccccc5n-3c24)cc1. The molecule has 2 heterocycles. The zero-order valence-electron chi connectivity index (χ0n) is 31.2. The second-order valence-electron chi connectivity index (χ2n) is 15.2. The monoisotopic (exact) mass is 724 g/mol. The normalized spacial score (nSPS) is 13.1. The summed E-state index contributed by atoms with van der Waals surface area (Å²) in [6, 6.07) is 80.5. The van der Waals surface area contributed by atoms with E-state index in [2.05, 4.69) is 228 Å². The minimum atomic E-state index is -0.537. The van der Waals surface area contributed by atoms with Crippen LogP contribution in [-0.4, -0.2) is 4.57 Å². The number of aromatic nitrogens is 1. The molecule has 0 radical (unpaired) electrons. The van der Waals surface area contributed by atoms with Crippen molar-refractivity contribution in [3.63, 3.8) is 0 Å². The Labute approximate surface area is 332 Å². The third kappa shape index (κ3) is 4.41. The van der Waals surface area contributed by atoms with E-state index in [1.54, 1.807) is 0 Å². The zero-order valence-corrected chi connectivity index (χ0v) is 31.2. The second-order valence-corrected chi connectivity index (χ2v) is 15.2. The highest BCUT2D eigenvalue weighted by atomic mass is 15.1. The van der Waals surface area contributed by atoms with Crippen molar-refractivity contribution in [2.45, 2.75) is 5.41 Å². The summed E-state index contributed by atoms with van der Waals surface area (Å²) in [6.07, 6.45) is 0. The lowest BCUT2D eigenvalue weighted by Gasteiger charge is -2.40. The fourth-order valence-electron chi connectivity index (χ4n) is 10.2. The molecular formula is C55H36N2. The summed E-state index contributed by atoms with van der Waals surface area (Å²) < 4.78 is 2.53. The van der Waals surface area contributed by atoms with Gasteiger partial charge in [-0.05, 0) is 92.5 Å². The minimum absolute atomic E-state index is 0.537. The first-order chi connectivity index (χ1) is 28.3. The van der Waals surface area contributed by atoms with E-state index in [1.165, 1.54) is 83.1 Å². The largest absolute Gasteiger partial charge is 0.310 e. The van der Waals surface area contributed by atoms with E-state index < -0.39 is 5.41 Å². The molecule has 1 spiro atoms. The van der Waals surface area contributed by atoms with Crippen molar-refractivity contribution in [3.8, 4) is 39.1 Å². The fourth-order valence-corrected chi connectivity index (χ4v) is 10.2. The molecular weight excluding hydrogens is 689 g/mol. The zero-order chi connectivity index (χ0) is 37.5. The molecule has 2 aliphatic rings.